The van der Waals surface area contributed by atoms with E-state index in [2.05, 4.69) is 0 Å². The summed E-state index contributed by atoms with van der Waals surface area (Å²) in [4.78, 5) is 11.6. The Morgan fingerprint density at radius 2 is 2.25 bits per heavy atom. The lowest BCUT2D eigenvalue weighted by atomic mass is 10.1. The number of hydrogen-bond donors (Lipinski definition) is 1. The van der Waals surface area contributed by atoms with Crippen molar-refractivity contribution >= 4 is 23.8 Å². The van der Waals surface area contributed by atoms with E-state index in [0.717, 1.165) is 22.3 Å². The zero-order valence-electron chi connectivity index (χ0n) is 10.8. The minimum atomic E-state index is -1.06. The van der Waals surface area contributed by atoms with Gasteiger partial charge in [-0.1, -0.05) is 6.07 Å². The van der Waals surface area contributed by atoms with Crippen LogP contribution in [0.5, 0.6) is 0 Å². The largest absolute Gasteiger partial charge is 0.478 e. The zero-order chi connectivity index (χ0) is 14.5. The van der Waals surface area contributed by atoms with Crippen LogP contribution >= 0.6 is 11.8 Å². The van der Waals surface area contributed by atoms with Gasteiger partial charge in [0.05, 0.1) is 6.26 Å². The third kappa shape index (κ3) is 3.74. The van der Waals surface area contributed by atoms with Gasteiger partial charge in [-0.2, -0.15) is 0 Å². The topological polar surface area (TPSA) is 50.4 Å². The summed E-state index contributed by atoms with van der Waals surface area (Å²) < 4.78 is 18.5. The van der Waals surface area contributed by atoms with Gasteiger partial charge in [0, 0.05) is 16.7 Å². The van der Waals surface area contributed by atoms with E-state index < -0.39 is 5.97 Å². The van der Waals surface area contributed by atoms with Crippen molar-refractivity contribution < 1.29 is 18.7 Å². The van der Waals surface area contributed by atoms with Crippen molar-refractivity contribution in [2.75, 3.05) is 0 Å². The molecule has 0 aliphatic rings. The first kappa shape index (κ1) is 14.4. The first-order chi connectivity index (χ1) is 9.56. The molecule has 0 spiro atoms. The van der Waals surface area contributed by atoms with Crippen molar-refractivity contribution in [3.8, 4) is 0 Å². The molecular weight excluding hydrogens is 279 g/mol. The Morgan fingerprint density at radius 1 is 1.45 bits per heavy atom. The predicted octanol–water partition coefficient (Wildman–Crippen LogP) is 4.12. The Labute approximate surface area is 120 Å². The van der Waals surface area contributed by atoms with Gasteiger partial charge in [0.25, 0.3) is 0 Å². The van der Waals surface area contributed by atoms with E-state index in [0.29, 0.717) is 11.3 Å². The van der Waals surface area contributed by atoms with Crippen LogP contribution in [0.15, 0.2) is 45.9 Å². The molecule has 1 aromatic heterocycles. The fourth-order valence-corrected chi connectivity index (χ4v) is 2.67. The van der Waals surface area contributed by atoms with Crippen LogP contribution in [0.4, 0.5) is 4.39 Å². The quantitative estimate of drug-likeness (QED) is 0.665. The van der Waals surface area contributed by atoms with Crippen LogP contribution in [-0.2, 0) is 10.5 Å². The third-order valence-corrected chi connectivity index (χ3v) is 3.90. The number of halogens is 1. The van der Waals surface area contributed by atoms with Crippen molar-refractivity contribution in [1.29, 1.82) is 0 Å². The fraction of sp³-hybridized carbons (Fsp3) is 0.133. The lowest BCUT2D eigenvalue weighted by molar-refractivity contribution is -0.131. The highest BCUT2D eigenvalue weighted by molar-refractivity contribution is 7.98. The Balaban J connectivity index is 2.18. The van der Waals surface area contributed by atoms with E-state index in [-0.39, 0.29) is 5.82 Å². The Kier molecular flexibility index (Phi) is 4.63. The Hall–Kier alpha value is -2.01. The summed E-state index contributed by atoms with van der Waals surface area (Å²) in [6.45, 7) is 1.87. The third-order valence-electron chi connectivity index (χ3n) is 2.71. The first-order valence-corrected chi connectivity index (χ1v) is 6.91. The van der Waals surface area contributed by atoms with Crippen LogP contribution in [0.2, 0.25) is 0 Å². The van der Waals surface area contributed by atoms with Crippen LogP contribution in [0.25, 0.3) is 6.08 Å². The number of aliphatic carboxylic acids is 1. The van der Waals surface area contributed by atoms with E-state index in [4.69, 9.17) is 9.52 Å². The smallest absolute Gasteiger partial charge is 0.328 e. The maximum atomic E-state index is 13.2. The van der Waals surface area contributed by atoms with Crippen LogP contribution in [0.3, 0.4) is 0 Å². The van der Waals surface area contributed by atoms with E-state index in [1.54, 1.807) is 24.1 Å². The van der Waals surface area contributed by atoms with Gasteiger partial charge in [0.1, 0.15) is 11.6 Å². The first-order valence-electron chi connectivity index (χ1n) is 5.92. The molecule has 0 saturated carbocycles. The molecule has 3 nitrogen and oxygen atoms in total. The lowest BCUT2D eigenvalue weighted by Gasteiger charge is -2.06. The summed E-state index contributed by atoms with van der Waals surface area (Å²) in [5, 5.41) is 8.65. The monoisotopic (exact) mass is 292 g/mol. The van der Waals surface area contributed by atoms with Gasteiger partial charge in [0.15, 0.2) is 0 Å². The van der Waals surface area contributed by atoms with Gasteiger partial charge in [-0.25, -0.2) is 9.18 Å². The summed E-state index contributed by atoms with van der Waals surface area (Å²) in [7, 11) is 0. The molecule has 104 valence electrons. The van der Waals surface area contributed by atoms with Gasteiger partial charge in [0.2, 0.25) is 0 Å². The van der Waals surface area contributed by atoms with E-state index >= 15 is 0 Å². The molecule has 0 aliphatic carbocycles. The summed E-state index contributed by atoms with van der Waals surface area (Å²) in [5.74, 6) is 0.00139. The fourth-order valence-electron chi connectivity index (χ4n) is 1.69. The zero-order valence-corrected chi connectivity index (χ0v) is 11.6. The molecule has 20 heavy (non-hydrogen) atoms. The number of carbonyl (C=O) groups is 1. The number of aryl methyl sites for hydroxylation is 1. The maximum absolute atomic E-state index is 13.2. The molecule has 5 heteroatoms. The van der Waals surface area contributed by atoms with Crippen LogP contribution in [0.1, 0.15) is 16.9 Å². The highest BCUT2D eigenvalue weighted by Crippen LogP contribution is 2.28. The minimum Gasteiger partial charge on any atom is -0.478 e. The summed E-state index contributed by atoms with van der Waals surface area (Å²) in [6, 6.07) is 6.24. The number of thioether (sulfide) groups is 1. The Bertz CT molecular complexity index is 646. The normalized spacial score (nSPS) is 11.1. The molecule has 0 atom stereocenters. The molecule has 0 aliphatic heterocycles. The van der Waals surface area contributed by atoms with Crippen LogP contribution in [0, 0.1) is 12.7 Å². The van der Waals surface area contributed by atoms with E-state index in [1.165, 1.54) is 18.2 Å². The molecule has 0 saturated heterocycles. The van der Waals surface area contributed by atoms with E-state index in [1.807, 2.05) is 13.0 Å². The second-order valence-corrected chi connectivity index (χ2v) is 5.16. The summed E-state index contributed by atoms with van der Waals surface area (Å²) in [6.07, 6.45) is 4.03. The molecule has 0 amide bonds. The molecule has 0 unspecified atom stereocenters. The molecule has 0 bridgehead atoms. The number of carboxylic acids is 1. The van der Waals surface area contributed by atoms with Crippen molar-refractivity contribution in [2.45, 2.75) is 17.6 Å². The molecule has 2 rings (SSSR count). The predicted molar refractivity (Wildman–Crippen MR) is 76.1 cm³/mol. The minimum absolute atomic E-state index is 0.386. The SMILES string of the molecule is Cc1occc1SCc1ccc(F)cc1/C=C/C(=O)O. The van der Waals surface area contributed by atoms with Crippen LogP contribution < -0.4 is 0 Å². The number of rotatable bonds is 5. The lowest BCUT2D eigenvalue weighted by Crippen LogP contribution is -1.91. The number of benzene rings is 1. The Morgan fingerprint density at radius 3 is 2.90 bits per heavy atom. The van der Waals surface area contributed by atoms with Gasteiger partial charge >= 0.3 is 5.97 Å². The highest BCUT2D eigenvalue weighted by Gasteiger charge is 2.06. The molecule has 0 radical (unpaired) electrons. The second-order valence-electron chi connectivity index (χ2n) is 4.14. The van der Waals surface area contributed by atoms with Gasteiger partial charge in [-0.3, -0.25) is 0 Å². The number of furan rings is 1. The van der Waals surface area contributed by atoms with Gasteiger partial charge < -0.3 is 9.52 Å². The van der Waals surface area contributed by atoms with Gasteiger partial charge in [-0.05, 0) is 42.3 Å². The molecule has 1 aromatic carbocycles. The van der Waals surface area contributed by atoms with Crippen molar-refractivity contribution in [3.63, 3.8) is 0 Å². The van der Waals surface area contributed by atoms with Crippen LogP contribution in [-0.4, -0.2) is 11.1 Å². The average molecular weight is 292 g/mol. The van der Waals surface area contributed by atoms with E-state index in [9.17, 15) is 9.18 Å². The average Bonchev–Trinajstić information content (AvgIpc) is 2.81. The molecule has 1 heterocycles. The standard InChI is InChI=1S/C15H13FO3S/c1-10-14(6-7-19-10)20-9-12-2-4-13(16)8-11(12)3-5-15(17)18/h2-8H,9H2,1H3,(H,17,18)/b5-3+. The molecule has 2 aromatic rings. The van der Waals surface area contributed by atoms with Crippen molar-refractivity contribution in [2.24, 2.45) is 0 Å². The summed E-state index contributed by atoms with van der Waals surface area (Å²) >= 11 is 1.56. The number of carboxylic acid groups (broad SMARTS) is 1. The molecule has 0 fully saturated rings. The molecular formula is C15H13FO3S. The number of hydrogen-bond acceptors (Lipinski definition) is 3. The van der Waals surface area contributed by atoms with Crippen molar-refractivity contribution in [1.82, 2.24) is 0 Å². The van der Waals surface area contributed by atoms with Gasteiger partial charge in [-0.15, -0.1) is 11.8 Å². The highest BCUT2D eigenvalue weighted by atomic mass is 32.2. The maximum Gasteiger partial charge on any atom is 0.328 e. The van der Waals surface area contributed by atoms with Crippen molar-refractivity contribution in [3.05, 3.63) is 59.3 Å². The second kappa shape index (κ2) is 6.43. The molecule has 1 N–H and O–H groups in total. The summed E-state index contributed by atoms with van der Waals surface area (Å²) in [5.41, 5.74) is 1.44.